The minimum Gasteiger partial charge on any atom is -0.360 e. The zero-order valence-electron chi connectivity index (χ0n) is 17.5. The number of aromatic nitrogens is 3. The van der Waals surface area contributed by atoms with Crippen molar-refractivity contribution in [1.82, 2.24) is 19.9 Å². The van der Waals surface area contributed by atoms with Crippen molar-refractivity contribution in [1.29, 1.82) is 0 Å². The fraction of sp³-hybridized carbons (Fsp3) is 0.524. The summed E-state index contributed by atoms with van der Waals surface area (Å²) < 4.78 is 37.4. The van der Waals surface area contributed by atoms with Crippen LogP contribution in [0.15, 0.2) is 24.5 Å². The van der Waals surface area contributed by atoms with E-state index in [0.29, 0.717) is 22.9 Å². The summed E-state index contributed by atoms with van der Waals surface area (Å²) in [6.07, 6.45) is -0.991. The second kappa shape index (κ2) is 9.49. The number of nitrogens with one attached hydrogen (secondary N) is 2. The Morgan fingerprint density at radius 3 is 2.65 bits per heavy atom. The van der Waals surface area contributed by atoms with Crippen molar-refractivity contribution in [2.45, 2.75) is 51.7 Å². The van der Waals surface area contributed by atoms with Gasteiger partial charge in [-0.15, -0.1) is 0 Å². The van der Waals surface area contributed by atoms with Gasteiger partial charge >= 0.3 is 6.18 Å². The molecule has 1 aliphatic rings. The number of halogens is 3. The minimum absolute atomic E-state index is 0. The Balaban J connectivity index is 0.00000272. The monoisotopic (exact) mass is 441 g/mol. The lowest BCUT2D eigenvalue weighted by atomic mass is 9.97. The van der Waals surface area contributed by atoms with Gasteiger partial charge in [0, 0.05) is 40.3 Å². The lowest BCUT2D eigenvalue weighted by molar-refractivity contribution is -0.143. The van der Waals surface area contributed by atoms with Gasteiger partial charge in [-0.1, -0.05) is 13.8 Å². The number of carbonyl (C=O) groups is 2. The number of hydrogen-bond acceptors (Lipinski definition) is 5. The number of rotatable bonds is 8. The van der Waals surface area contributed by atoms with Crippen LogP contribution in [0.1, 0.15) is 52.9 Å². The number of ketones is 1. The summed E-state index contributed by atoms with van der Waals surface area (Å²) >= 11 is 0. The standard InChI is InChI=1S/C21H26F3N5O2.2H2/c1-13(2)18(16(30)5-7-21(22,23)24)27-17-6-8-25-19(28-17)14-11-15(26-12-14)20(31)29-9-3-4-10-29;;/h6,8,11-13,18,26H,3-5,7,9-10H2,1-2H3,(H,25,27,28);2*1H/t18-;;/m1../s1. The second-order valence-electron chi connectivity index (χ2n) is 8.01. The Bertz CT molecular complexity index is 931. The number of H-pyrrole nitrogens is 1. The molecule has 0 aromatic carbocycles. The van der Waals surface area contributed by atoms with Crippen molar-refractivity contribution in [3.05, 3.63) is 30.2 Å². The number of amides is 1. The van der Waals surface area contributed by atoms with E-state index >= 15 is 0 Å². The third-order valence-electron chi connectivity index (χ3n) is 5.19. The van der Waals surface area contributed by atoms with Crippen LogP contribution in [0.3, 0.4) is 0 Å². The molecule has 3 rings (SSSR count). The molecule has 0 unspecified atom stereocenters. The number of carbonyl (C=O) groups excluding carboxylic acids is 2. The Morgan fingerprint density at radius 2 is 2.00 bits per heavy atom. The maximum absolute atomic E-state index is 12.5. The third-order valence-corrected chi connectivity index (χ3v) is 5.19. The topological polar surface area (TPSA) is 91.0 Å². The van der Waals surface area contributed by atoms with Crippen LogP contribution < -0.4 is 5.32 Å². The molecule has 0 spiro atoms. The third kappa shape index (κ3) is 6.05. The van der Waals surface area contributed by atoms with Crippen LogP contribution in [0.2, 0.25) is 0 Å². The number of alkyl halides is 3. The number of Topliss-reactive ketones (excluding diaryl/α,β-unsaturated/α-hetero) is 1. The highest BCUT2D eigenvalue weighted by Crippen LogP contribution is 2.24. The summed E-state index contributed by atoms with van der Waals surface area (Å²) in [5.41, 5.74) is 1.05. The van der Waals surface area contributed by atoms with E-state index in [-0.39, 0.29) is 14.7 Å². The number of nitrogens with zero attached hydrogens (tertiary/aromatic N) is 3. The van der Waals surface area contributed by atoms with E-state index in [4.69, 9.17) is 0 Å². The highest BCUT2D eigenvalue weighted by Gasteiger charge is 2.31. The molecule has 0 bridgehead atoms. The molecule has 172 valence electrons. The fourth-order valence-electron chi connectivity index (χ4n) is 3.51. The highest BCUT2D eigenvalue weighted by molar-refractivity contribution is 5.94. The van der Waals surface area contributed by atoms with Crippen LogP contribution in [0, 0.1) is 5.92 Å². The van der Waals surface area contributed by atoms with Crippen LogP contribution in [0.5, 0.6) is 0 Å². The van der Waals surface area contributed by atoms with E-state index in [0.717, 1.165) is 25.9 Å². The molecular weight excluding hydrogens is 411 g/mol. The molecular formula is C21H30F3N5O2. The van der Waals surface area contributed by atoms with E-state index in [1.165, 1.54) is 6.20 Å². The zero-order chi connectivity index (χ0) is 22.6. The van der Waals surface area contributed by atoms with Gasteiger partial charge in [-0.3, -0.25) is 9.59 Å². The van der Waals surface area contributed by atoms with Crippen molar-refractivity contribution < 1.29 is 25.6 Å². The Kier molecular flexibility index (Phi) is 6.97. The molecule has 0 saturated carbocycles. The normalized spacial score (nSPS) is 15.4. The Labute approximate surface area is 181 Å². The first-order valence-electron chi connectivity index (χ1n) is 10.3. The van der Waals surface area contributed by atoms with E-state index in [1.807, 2.05) is 0 Å². The predicted molar refractivity (Wildman–Crippen MR) is 114 cm³/mol. The van der Waals surface area contributed by atoms with Crippen LogP contribution in [-0.2, 0) is 4.79 Å². The molecule has 0 radical (unpaired) electrons. The minimum atomic E-state index is -4.38. The Morgan fingerprint density at radius 1 is 1.29 bits per heavy atom. The van der Waals surface area contributed by atoms with Crippen molar-refractivity contribution in [3.63, 3.8) is 0 Å². The average Bonchev–Trinajstić information content (AvgIpc) is 3.41. The second-order valence-corrected chi connectivity index (χ2v) is 8.01. The number of anilines is 1. The number of likely N-dealkylation sites (tertiary alicyclic amines) is 1. The van der Waals surface area contributed by atoms with Gasteiger partial charge < -0.3 is 15.2 Å². The summed E-state index contributed by atoms with van der Waals surface area (Å²) in [5.74, 6) is -0.151. The molecule has 3 heterocycles. The molecule has 2 aromatic rings. The van der Waals surface area contributed by atoms with Gasteiger partial charge in [0.1, 0.15) is 11.5 Å². The maximum atomic E-state index is 12.5. The summed E-state index contributed by atoms with van der Waals surface area (Å²) in [6, 6.07) is 2.43. The number of aromatic amines is 1. The molecule has 1 saturated heterocycles. The zero-order valence-corrected chi connectivity index (χ0v) is 17.5. The first kappa shape index (κ1) is 22.8. The maximum Gasteiger partial charge on any atom is 0.389 e. The molecule has 0 aliphatic carbocycles. The lowest BCUT2D eigenvalue weighted by Crippen LogP contribution is -2.35. The van der Waals surface area contributed by atoms with Crippen molar-refractivity contribution in [2.24, 2.45) is 5.92 Å². The molecule has 2 aromatic heterocycles. The summed E-state index contributed by atoms with van der Waals surface area (Å²) in [7, 11) is 0. The van der Waals surface area contributed by atoms with Gasteiger partial charge in [-0.05, 0) is 30.9 Å². The van der Waals surface area contributed by atoms with E-state index in [9.17, 15) is 22.8 Å². The number of hydrogen-bond donors (Lipinski definition) is 2. The average molecular weight is 441 g/mol. The molecule has 31 heavy (non-hydrogen) atoms. The fourth-order valence-corrected chi connectivity index (χ4v) is 3.51. The van der Waals surface area contributed by atoms with Gasteiger partial charge in [0.15, 0.2) is 11.6 Å². The van der Waals surface area contributed by atoms with Crippen molar-refractivity contribution in [2.75, 3.05) is 18.4 Å². The largest absolute Gasteiger partial charge is 0.389 e. The van der Waals surface area contributed by atoms with Gasteiger partial charge in [-0.2, -0.15) is 13.2 Å². The lowest BCUT2D eigenvalue weighted by Gasteiger charge is -2.22. The molecule has 1 fully saturated rings. The van der Waals surface area contributed by atoms with Crippen molar-refractivity contribution >= 4 is 17.5 Å². The molecule has 7 nitrogen and oxygen atoms in total. The molecule has 1 atom stereocenters. The highest BCUT2D eigenvalue weighted by atomic mass is 19.4. The van der Waals surface area contributed by atoms with Crippen molar-refractivity contribution in [3.8, 4) is 11.4 Å². The first-order chi connectivity index (χ1) is 14.6. The first-order valence-corrected chi connectivity index (χ1v) is 10.3. The van der Waals surface area contributed by atoms with Crippen LogP contribution in [0.4, 0.5) is 19.0 Å². The van der Waals surface area contributed by atoms with Gasteiger partial charge in [0.05, 0.1) is 12.5 Å². The summed E-state index contributed by atoms with van der Waals surface area (Å²) in [5, 5.41) is 2.95. The smallest absolute Gasteiger partial charge is 0.360 e. The predicted octanol–water partition coefficient (Wildman–Crippen LogP) is 4.55. The van der Waals surface area contributed by atoms with Gasteiger partial charge in [0.25, 0.3) is 5.91 Å². The van der Waals surface area contributed by atoms with Crippen LogP contribution in [0.25, 0.3) is 11.4 Å². The SMILES string of the molecule is CC(C)[C@@H](Nc1ccnc(-c2c[nH]c(C(=O)N3CCCC3)c2)n1)C(=O)CCC(F)(F)F.[HH].[HH]. The molecule has 2 N–H and O–H groups in total. The van der Waals surface area contributed by atoms with E-state index in [2.05, 4.69) is 20.3 Å². The van der Waals surface area contributed by atoms with Crippen LogP contribution in [-0.4, -0.2) is 56.8 Å². The van der Waals surface area contributed by atoms with Crippen LogP contribution >= 0.6 is 0 Å². The quantitative estimate of drug-likeness (QED) is 0.627. The van der Waals surface area contributed by atoms with Gasteiger partial charge in [0.2, 0.25) is 0 Å². The molecule has 1 amide bonds. The van der Waals surface area contributed by atoms with Gasteiger partial charge in [-0.25, -0.2) is 9.97 Å². The van der Waals surface area contributed by atoms with E-state index < -0.39 is 30.8 Å². The molecule has 1 aliphatic heterocycles. The summed E-state index contributed by atoms with van der Waals surface area (Å²) in [4.78, 5) is 38.2. The Hall–Kier alpha value is -2.91. The van der Waals surface area contributed by atoms with E-state index in [1.54, 1.807) is 37.1 Å². The summed E-state index contributed by atoms with van der Waals surface area (Å²) in [6.45, 7) is 4.99. The molecule has 10 heteroatoms.